The van der Waals surface area contributed by atoms with Crippen molar-refractivity contribution in [3.8, 4) is 11.1 Å². The van der Waals surface area contributed by atoms with E-state index in [9.17, 15) is 19.7 Å². The molecule has 1 N–H and O–H groups in total. The topological polar surface area (TPSA) is 98.5 Å². The summed E-state index contributed by atoms with van der Waals surface area (Å²) in [6.45, 7) is 6.14. The number of ether oxygens (including phenoxy) is 1. The molecule has 8 heteroatoms. The highest BCUT2D eigenvalue weighted by Crippen LogP contribution is 2.37. The van der Waals surface area contributed by atoms with Crippen LogP contribution in [0.4, 0.5) is 10.7 Å². The Morgan fingerprint density at radius 2 is 1.74 bits per heavy atom. The zero-order valence-electron chi connectivity index (χ0n) is 17.4. The monoisotopic (exact) mass is 438 g/mol. The summed E-state index contributed by atoms with van der Waals surface area (Å²) in [4.78, 5) is 35.6. The quantitative estimate of drug-likeness (QED) is 0.282. The van der Waals surface area contributed by atoms with Gasteiger partial charge in [0.15, 0.2) is 0 Å². The number of hydrogen-bond acceptors (Lipinski definition) is 6. The maximum Gasteiger partial charge on any atom is 0.341 e. The van der Waals surface area contributed by atoms with E-state index in [2.05, 4.69) is 19.2 Å². The molecule has 0 aliphatic rings. The van der Waals surface area contributed by atoms with Crippen LogP contribution < -0.4 is 5.32 Å². The lowest BCUT2D eigenvalue weighted by Crippen LogP contribution is -2.14. The summed E-state index contributed by atoms with van der Waals surface area (Å²) in [5, 5.41) is 15.7. The molecular weight excluding hydrogens is 416 g/mol. The third-order valence-corrected chi connectivity index (χ3v) is 5.62. The molecule has 1 aromatic heterocycles. The summed E-state index contributed by atoms with van der Waals surface area (Å²) in [5.41, 5.74) is 3.14. The Bertz CT molecular complexity index is 1100. The molecule has 1 heterocycles. The molecular formula is C23H22N2O5S. The van der Waals surface area contributed by atoms with Crippen LogP contribution in [-0.2, 0) is 4.74 Å². The number of nitrogens with zero attached hydrogens (tertiary/aromatic N) is 1. The fraction of sp³-hybridized carbons (Fsp3) is 0.217. The van der Waals surface area contributed by atoms with E-state index in [0.29, 0.717) is 22.0 Å². The van der Waals surface area contributed by atoms with E-state index >= 15 is 0 Å². The van der Waals surface area contributed by atoms with Gasteiger partial charge in [0.1, 0.15) is 10.6 Å². The molecule has 1 amide bonds. The Balaban J connectivity index is 1.93. The summed E-state index contributed by atoms with van der Waals surface area (Å²) in [7, 11) is 0. The van der Waals surface area contributed by atoms with Gasteiger partial charge in [-0.3, -0.25) is 14.9 Å². The second-order valence-electron chi connectivity index (χ2n) is 7.11. The number of rotatable bonds is 7. The van der Waals surface area contributed by atoms with Crippen molar-refractivity contribution in [1.82, 2.24) is 0 Å². The van der Waals surface area contributed by atoms with Crippen LogP contribution >= 0.6 is 11.3 Å². The van der Waals surface area contributed by atoms with E-state index in [1.807, 2.05) is 29.6 Å². The summed E-state index contributed by atoms with van der Waals surface area (Å²) >= 11 is 1.23. The molecule has 3 rings (SSSR count). The summed E-state index contributed by atoms with van der Waals surface area (Å²) in [5.74, 6) is -0.604. The van der Waals surface area contributed by atoms with Crippen LogP contribution in [0.15, 0.2) is 53.9 Å². The van der Waals surface area contributed by atoms with E-state index in [-0.39, 0.29) is 17.9 Å². The number of thiophene rings is 1. The normalized spacial score (nSPS) is 10.7. The predicted molar refractivity (Wildman–Crippen MR) is 121 cm³/mol. The maximum atomic E-state index is 12.7. The summed E-state index contributed by atoms with van der Waals surface area (Å²) < 4.78 is 5.22. The van der Waals surface area contributed by atoms with Crippen LogP contribution in [-0.4, -0.2) is 23.4 Å². The van der Waals surface area contributed by atoms with Gasteiger partial charge in [0.2, 0.25) is 0 Å². The van der Waals surface area contributed by atoms with E-state index in [1.165, 1.54) is 41.2 Å². The Kier molecular flexibility index (Phi) is 6.81. The number of nitro groups is 1. The van der Waals surface area contributed by atoms with Gasteiger partial charge in [-0.1, -0.05) is 38.1 Å². The Hall–Kier alpha value is -3.52. The smallest absolute Gasteiger partial charge is 0.341 e. The summed E-state index contributed by atoms with van der Waals surface area (Å²) in [6.07, 6.45) is 0. The fourth-order valence-electron chi connectivity index (χ4n) is 3.03. The first-order valence-corrected chi connectivity index (χ1v) is 10.6. The van der Waals surface area contributed by atoms with Gasteiger partial charge >= 0.3 is 5.97 Å². The van der Waals surface area contributed by atoms with Crippen molar-refractivity contribution in [2.75, 3.05) is 11.9 Å². The third-order valence-electron chi connectivity index (χ3n) is 4.73. The number of carbonyl (C=O) groups excluding carboxylic acids is 2. The molecule has 0 atom stereocenters. The van der Waals surface area contributed by atoms with Crippen LogP contribution in [0, 0.1) is 10.1 Å². The number of esters is 1. The van der Waals surface area contributed by atoms with E-state index in [4.69, 9.17) is 4.74 Å². The molecule has 160 valence electrons. The number of nitro benzene ring substituents is 1. The number of amides is 1. The second-order valence-corrected chi connectivity index (χ2v) is 7.99. The van der Waals surface area contributed by atoms with Crippen LogP contribution in [0.1, 0.15) is 53.0 Å². The van der Waals surface area contributed by atoms with Crippen molar-refractivity contribution in [3.05, 3.63) is 80.7 Å². The Morgan fingerprint density at radius 1 is 1.10 bits per heavy atom. The third kappa shape index (κ3) is 4.97. The minimum Gasteiger partial charge on any atom is -0.462 e. The lowest BCUT2D eigenvalue weighted by atomic mass is 9.98. The van der Waals surface area contributed by atoms with Crippen molar-refractivity contribution >= 4 is 33.9 Å². The van der Waals surface area contributed by atoms with Gasteiger partial charge in [-0.25, -0.2) is 4.79 Å². The highest BCUT2D eigenvalue weighted by Gasteiger charge is 2.23. The van der Waals surface area contributed by atoms with Crippen molar-refractivity contribution in [3.63, 3.8) is 0 Å². The minimum atomic E-state index is -0.531. The molecule has 0 unspecified atom stereocenters. The minimum absolute atomic E-state index is 0.105. The lowest BCUT2D eigenvalue weighted by Gasteiger charge is -2.10. The highest BCUT2D eigenvalue weighted by molar-refractivity contribution is 7.15. The summed E-state index contributed by atoms with van der Waals surface area (Å²) in [6, 6.07) is 13.2. The Labute approximate surface area is 183 Å². The number of benzene rings is 2. The van der Waals surface area contributed by atoms with E-state index in [0.717, 1.165) is 5.56 Å². The van der Waals surface area contributed by atoms with E-state index < -0.39 is 16.8 Å². The molecule has 0 radical (unpaired) electrons. The van der Waals surface area contributed by atoms with Gasteiger partial charge in [0.25, 0.3) is 11.6 Å². The number of carbonyl (C=O) groups is 2. The molecule has 0 saturated heterocycles. The van der Waals surface area contributed by atoms with E-state index in [1.54, 1.807) is 6.92 Å². The molecule has 0 spiro atoms. The molecule has 0 fully saturated rings. The van der Waals surface area contributed by atoms with Gasteiger partial charge in [-0.15, -0.1) is 11.3 Å². The van der Waals surface area contributed by atoms with Gasteiger partial charge in [0.05, 0.1) is 11.5 Å². The zero-order valence-corrected chi connectivity index (χ0v) is 18.2. The van der Waals surface area contributed by atoms with Crippen molar-refractivity contribution in [2.45, 2.75) is 26.7 Å². The molecule has 0 saturated carbocycles. The molecule has 0 aliphatic heterocycles. The molecule has 31 heavy (non-hydrogen) atoms. The number of hydrogen-bond donors (Lipinski definition) is 1. The van der Waals surface area contributed by atoms with Crippen LogP contribution in [0.2, 0.25) is 0 Å². The Morgan fingerprint density at radius 3 is 2.29 bits per heavy atom. The highest BCUT2D eigenvalue weighted by atomic mass is 32.1. The molecule has 2 aromatic carbocycles. The van der Waals surface area contributed by atoms with Crippen LogP contribution in [0.25, 0.3) is 11.1 Å². The first kappa shape index (κ1) is 22.2. The first-order valence-electron chi connectivity index (χ1n) is 9.76. The number of anilines is 1. The molecule has 0 aliphatic carbocycles. The van der Waals surface area contributed by atoms with Gasteiger partial charge in [-0.05, 0) is 36.1 Å². The number of non-ortho nitro benzene ring substituents is 1. The molecule has 0 bridgehead atoms. The standard InChI is InChI=1S/C23H22N2O5S/c1-4-30-23(27)20-19(16-7-5-15(6-8-16)14(2)3)13-31-22(20)24-21(26)17-9-11-18(12-10-17)25(28)29/h5-14H,4H2,1-3H3,(H,24,26). The average molecular weight is 439 g/mol. The maximum absolute atomic E-state index is 12.7. The first-order chi connectivity index (χ1) is 14.8. The predicted octanol–water partition coefficient (Wildman–Crippen LogP) is 5.88. The van der Waals surface area contributed by atoms with Crippen molar-refractivity contribution in [2.24, 2.45) is 0 Å². The van der Waals surface area contributed by atoms with Gasteiger partial charge in [0, 0.05) is 28.6 Å². The molecule has 7 nitrogen and oxygen atoms in total. The van der Waals surface area contributed by atoms with Crippen LogP contribution in [0.5, 0.6) is 0 Å². The SMILES string of the molecule is CCOC(=O)c1c(-c2ccc(C(C)C)cc2)csc1NC(=O)c1ccc([N+](=O)[O-])cc1. The molecule has 3 aromatic rings. The lowest BCUT2D eigenvalue weighted by molar-refractivity contribution is -0.384. The van der Waals surface area contributed by atoms with Gasteiger partial charge in [-0.2, -0.15) is 0 Å². The average Bonchev–Trinajstić information content (AvgIpc) is 3.17. The zero-order chi connectivity index (χ0) is 22.5. The van der Waals surface area contributed by atoms with Crippen molar-refractivity contribution in [1.29, 1.82) is 0 Å². The van der Waals surface area contributed by atoms with Crippen LogP contribution in [0.3, 0.4) is 0 Å². The second kappa shape index (κ2) is 9.53. The van der Waals surface area contributed by atoms with Gasteiger partial charge < -0.3 is 10.1 Å². The van der Waals surface area contributed by atoms with Crippen molar-refractivity contribution < 1.29 is 19.2 Å². The largest absolute Gasteiger partial charge is 0.462 e. The number of nitrogens with one attached hydrogen (secondary N) is 1. The fourth-order valence-corrected chi connectivity index (χ4v) is 3.98.